The van der Waals surface area contributed by atoms with Crippen molar-refractivity contribution in [3.05, 3.63) is 12.4 Å². The largest absolute Gasteiger partial charge is 0.356 e. The first-order chi connectivity index (χ1) is 17.3. The van der Waals surface area contributed by atoms with E-state index in [1.54, 1.807) is 0 Å². The Labute approximate surface area is 222 Å². The molecule has 0 saturated carbocycles. The molecule has 2 heteroatoms. The van der Waals surface area contributed by atoms with Crippen LogP contribution >= 0.6 is 0 Å². The molecule has 1 aliphatic rings. The zero-order valence-corrected chi connectivity index (χ0v) is 24.7. The maximum atomic E-state index is 2.69. The van der Waals surface area contributed by atoms with E-state index in [1.165, 1.54) is 174 Å². The molecule has 0 aromatic heterocycles. The number of nitrogens with zero attached hydrogens (tertiary/aromatic N) is 2. The van der Waals surface area contributed by atoms with E-state index in [0.717, 1.165) is 0 Å². The van der Waals surface area contributed by atoms with Crippen LogP contribution in [0, 0.1) is 0 Å². The Morgan fingerprint density at radius 2 is 0.657 bits per heavy atom. The molecular formula is C33H66N2. The third-order valence-electron chi connectivity index (χ3n) is 8.07. The van der Waals surface area contributed by atoms with E-state index in [4.69, 9.17) is 0 Å². The minimum Gasteiger partial charge on any atom is -0.356 e. The second-order valence-electron chi connectivity index (χ2n) is 11.5. The van der Waals surface area contributed by atoms with Crippen molar-refractivity contribution in [3.8, 4) is 0 Å². The third kappa shape index (κ3) is 18.3. The molecule has 1 heterocycles. The zero-order chi connectivity index (χ0) is 25.2. The number of unbranched alkanes of at least 4 members (excludes halogenated alkanes) is 21. The molecular weight excluding hydrogens is 424 g/mol. The Hall–Kier alpha value is -0.660. The van der Waals surface area contributed by atoms with Gasteiger partial charge in [-0.3, -0.25) is 0 Å². The summed E-state index contributed by atoms with van der Waals surface area (Å²) >= 11 is 0. The molecule has 0 amide bonds. The molecule has 2 nitrogen and oxygen atoms in total. The second kappa shape index (κ2) is 25.0. The second-order valence-corrected chi connectivity index (χ2v) is 11.5. The fourth-order valence-corrected chi connectivity index (χ4v) is 5.66. The summed E-state index contributed by atoms with van der Waals surface area (Å²) in [5.74, 6) is 0. The van der Waals surface area contributed by atoms with Gasteiger partial charge < -0.3 is 9.80 Å². The summed E-state index contributed by atoms with van der Waals surface area (Å²) in [6, 6.07) is 0. The summed E-state index contributed by atoms with van der Waals surface area (Å²) in [4.78, 5) is 5.38. The summed E-state index contributed by atoms with van der Waals surface area (Å²) < 4.78 is 0. The SMILES string of the molecule is CCCCCCCCCCCCCCN1C=CN(CCCCCCCCC)C1CCCCCCC. The number of hydrogen-bond donors (Lipinski definition) is 0. The van der Waals surface area contributed by atoms with E-state index < -0.39 is 0 Å². The quantitative estimate of drug-likeness (QED) is 0.106. The smallest absolute Gasteiger partial charge is 0.101 e. The van der Waals surface area contributed by atoms with Crippen molar-refractivity contribution in [3.63, 3.8) is 0 Å². The van der Waals surface area contributed by atoms with Crippen molar-refractivity contribution in [1.82, 2.24) is 9.80 Å². The van der Waals surface area contributed by atoms with E-state index in [-0.39, 0.29) is 0 Å². The predicted molar refractivity (Wildman–Crippen MR) is 159 cm³/mol. The molecule has 0 radical (unpaired) electrons. The van der Waals surface area contributed by atoms with Gasteiger partial charge in [-0.25, -0.2) is 0 Å². The number of rotatable bonds is 27. The van der Waals surface area contributed by atoms with Gasteiger partial charge in [0.15, 0.2) is 0 Å². The van der Waals surface area contributed by atoms with Crippen molar-refractivity contribution in [2.75, 3.05) is 13.1 Å². The van der Waals surface area contributed by atoms with Gasteiger partial charge in [-0.2, -0.15) is 0 Å². The van der Waals surface area contributed by atoms with Crippen molar-refractivity contribution in [1.29, 1.82) is 0 Å². The predicted octanol–water partition coefficient (Wildman–Crippen LogP) is 11.2. The van der Waals surface area contributed by atoms with Crippen LogP contribution in [0.2, 0.25) is 0 Å². The maximum Gasteiger partial charge on any atom is 0.101 e. The van der Waals surface area contributed by atoms with E-state index >= 15 is 0 Å². The summed E-state index contributed by atoms with van der Waals surface area (Å²) in [5.41, 5.74) is 0. The van der Waals surface area contributed by atoms with Crippen molar-refractivity contribution >= 4 is 0 Å². The normalized spacial score (nSPS) is 15.6. The molecule has 35 heavy (non-hydrogen) atoms. The minimum atomic E-state index is 0.643. The molecule has 0 fully saturated rings. The monoisotopic (exact) mass is 491 g/mol. The van der Waals surface area contributed by atoms with Crippen LogP contribution < -0.4 is 0 Å². The van der Waals surface area contributed by atoms with Gasteiger partial charge in [0.2, 0.25) is 0 Å². The van der Waals surface area contributed by atoms with E-state index in [1.807, 2.05) is 0 Å². The highest BCUT2D eigenvalue weighted by molar-refractivity contribution is 4.97. The van der Waals surface area contributed by atoms with Crippen LogP contribution in [0.5, 0.6) is 0 Å². The topological polar surface area (TPSA) is 6.48 Å². The summed E-state index contributed by atoms with van der Waals surface area (Å²) in [6.45, 7) is 9.47. The van der Waals surface area contributed by atoms with Crippen LogP contribution in [0.3, 0.4) is 0 Å². The lowest BCUT2D eigenvalue weighted by molar-refractivity contribution is 0.135. The fourth-order valence-electron chi connectivity index (χ4n) is 5.66. The van der Waals surface area contributed by atoms with Gasteiger partial charge in [-0.05, 0) is 25.7 Å². The Morgan fingerprint density at radius 3 is 1.00 bits per heavy atom. The Bertz CT molecular complexity index is 446. The molecule has 0 spiro atoms. The molecule has 1 rings (SSSR count). The molecule has 0 saturated heterocycles. The first-order valence-corrected chi connectivity index (χ1v) is 16.5. The Morgan fingerprint density at radius 1 is 0.371 bits per heavy atom. The molecule has 0 aromatic carbocycles. The molecule has 0 aromatic rings. The van der Waals surface area contributed by atoms with Crippen LogP contribution in [-0.2, 0) is 0 Å². The number of hydrogen-bond acceptors (Lipinski definition) is 2. The van der Waals surface area contributed by atoms with Gasteiger partial charge in [0.25, 0.3) is 0 Å². The molecule has 0 N–H and O–H groups in total. The molecule has 1 atom stereocenters. The maximum absolute atomic E-state index is 2.69. The lowest BCUT2D eigenvalue weighted by atomic mass is 10.0. The zero-order valence-electron chi connectivity index (χ0n) is 24.7. The van der Waals surface area contributed by atoms with Gasteiger partial charge >= 0.3 is 0 Å². The highest BCUT2D eigenvalue weighted by atomic mass is 15.4. The summed E-state index contributed by atoms with van der Waals surface area (Å²) in [6.07, 6.45) is 41.0. The Kier molecular flexibility index (Phi) is 23.1. The van der Waals surface area contributed by atoms with Gasteiger partial charge in [0.05, 0.1) is 0 Å². The van der Waals surface area contributed by atoms with Gasteiger partial charge in [0.1, 0.15) is 6.17 Å². The van der Waals surface area contributed by atoms with Gasteiger partial charge in [-0.1, -0.05) is 156 Å². The third-order valence-corrected chi connectivity index (χ3v) is 8.07. The van der Waals surface area contributed by atoms with Crippen LogP contribution in [0.1, 0.15) is 181 Å². The lowest BCUT2D eigenvalue weighted by Crippen LogP contribution is -2.39. The first kappa shape index (κ1) is 32.4. The summed E-state index contributed by atoms with van der Waals surface area (Å²) in [7, 11) is 0. The standard InChI is InChI=1S/C33H66N2/c1-4-7-10-13-15-16-17-18-19-21-24-27-30-35-32-31-34(29-26-23-20-14-11-8-5-2)33(35)28-25-22-12-9-6-3/h31-33H,4-30H2,1-3H3. The van der Waals surface area contributed by atoms with Crippen LogP contribution in [-0.4, -0.2) is 29.1 Å². The lowest BCUT2D eigenvalue weighted by Gasteiger charge is -2.33. The van der Waals surface area contributed by atoms with E-state index in [9.17, 15) is 0 Å². The van der Waals surface area contributed by atoms with Crippen LogP contribution in [0.15, 0.2) is 12.4 Å². The first-order valence-electron chi connectivity index (χ1n) is 16.5. The summed E-state index contributed by atoms with van der Waals surface area (Å²) in [5, 5.41) is 0. The van der Waals surface area contributed by atoms with Crippen LogP contribution in [0.25, 0.3) is 0 Å². The average Bonchev–Trinajstić information content (AvgIpc) is 3.25. The van der Waals surface area contributed by atoms with Crippen LogP contribution in [0.4, 0.5) is 0 Å². The highest BCUT2D eigenvalue weighted by Gasteiger charge is 2.24. The van der Waals surface area contributed by atoms with Crippen molar-refractivity contribution in [2.45, 2.75) is 187 Å². The van der Waals surface area contributed by atoms with E-state index in [0.29, 0.717) is 6.17 Å². The average molecular weight is 491 g/mol. The molecule has 1 unspecified atom stereocenters. The highest BCUT2D eigenvalue weighted by Crippen LogP contribution is 2.24. The molecule has 1 aliphatic heterocycles. The molecule has 0 aliphatic carbocycles. The fraction of sp³-hybridized carbons (Fsp3) is 0.939. The minimum absolute atomic E-state index is 0.643. The Balaban J connectivity index is 2.18. The van der Waals surface area contributed by atoms with Gasteiger partial charge in [-0.15, -0.1) is 0 Å². The molecule has 0 bridgehead atoms. The van der Waals surface area contributed by atoms with Crippen molar-refractivity contribution in [2.24, 2.45) is 0 Å². The molecule has 208 valence electrons. The van der Waals surface area contributed by atoms with Gasteiger partial charge in [0, 0.05) is 25.5 Å². The van der Waals surface area contributed by atoms with Crippen molar-refractivity contribution < 1.29 is 0 Å². The van der Waals surface area contributed by atoms with E-state index in [2.05, 4.69) is 43.0 Å².